The molecular weight excluding hydrogens is 1380 g/mol. The van der Waals surface area contributed by atoms with Gasteiger partial charge in [-0.3, -0.25) is 43.4 Å². The van der Waals surface area contributed by atoms with Crippen molar-refractivity contribution < 1.29 is 50.7 Å². The maximum absolute atomic E-state index is 15.6. The zero-order valence-corrected chi connectivity index (χ0v) is 56.0. The fourth-order valence-corrected chi connectivity index (χ4v) is 10.6. The van der Waals surface area contributed by atoms with E-state index in [1.807, 2.05) is 45.2 Å². The maximum Gasteiger partial charge on any atom is 0.323 e. The predicted molar refractivity (Wildman–Crippen MR) is 382 cm³/mol. The number of aromatic nitrogens is 9. The van der Waals surface area contributed by atoms with Gasteiger partial charge in [-0.1, -0.05) is 35.3 Å². The van der Waals surface area contributed by atoms with Gasteiger partial charge in [0.25, 0.3) is 17.7 Å². The molecule has 9 amide bonds. The molecule has 12 rings (SSSR count). The number of pyridine rings is 3. The third-order valence-corrected chi connectivity index (χ3v) is 15.6. The number of benzene rings is 6. The first-order valence-electron chi connectivity index (χ1n) is 31.0. The summed E-state index contributed by atoms with van der Waals surface area (Å²) in [5.74, 6) is -4.71. The van der Waals surface area contributed by atoms with Gasteiger partial charge >= 0.3 is 18.1 Å². The summed E-state index contributed by atoms with van der Waals surface area (Å²) in [7, 11) is 0. The Morgan fingerprint density at radius 1 is 0.379 bits per heavy atom. The molecule has 0 fully saturated rings. The van der Waals surface area contributed by atoms with Crippen LogP contribution in [0, 0.1) is 29.1 Å². The van der Waals surface area contributed by atoms with Crippen LogP contribution in [0.4, 0.5) is 70.5 Å². The molecule has 0 saturated carbocycles. The van der Waals surface area contributed by atoms with E-state index < -0.39 is 59.1 Å². The lowest BCUT2D eigenvalue weighted by Crippen LogP contribution is -2.20. The smallest absolute Gasteiger partial charge is 0.323 e. The quantitative estimate of drug-likeness (QED) is 0.0362. The SMILES string of the molecule is CCn1cc(-c2cc(Cl)cc(NC(=O)Nc3ccc(F)cc3)c2F)c(-c2ccnc(C(N)=O)c2)n1.CCn1cc(-c2cc(F)cc(NC(=O)Nc3ccc(F)cc3)c2Cl)c(-c2ccnc(C(N)=O)c2)n1.CCn1cc(-c2cccc(NC(=O)Nc3ccc(F)cc3)c2)c(-c2ccnc(C(N)=O)c2)n1. The van der Waals surface area contributed by atoms with E-state index in [9.17, 15) is 46.3 Å². The molecule has 0 saturated heterocycles. The second-order valence-corrected chi connectivity index (χ2v) is 22.9. The molecule has 0 spiro atoms. The molecule has 24 nitrogen and oxygen atoms in total. The number of hydrogen-bond acceptors (Lipinski definition) is 12. The number of amides is 9. The summed E-state index contributed by atoms with van der Waals surface area (Å²) in [4.78, 5) is 83.9. The van der Waals surface area contributed by atoms with Gasteiger partial charge in [0.2, 0.25) is 0 Å². The molecular formula is C72H59Cl2F5N18O6. The first-order valence-corrected chi connectivity index (χ1v) is 31.8. The lowest BCUT2D eigenvalue weighted by atomic mass is 10.0. The van der Waals surface area contributed by atoms with Crippen LogP contribution >= 0.6 is 23.2 Å². The van der Waals surface area contributed by atoms with Crippen LogP contribution in [0.3, 0.4) is 0 Å². The molecule has 6 heterocycles. The Balaban J connectivity index is 0.000000166. The molecule has 0 aliphatic carbocycles. The summed E-state index contributed by atoms with van der Waals surface area (Å²) in [6.07, 6.45) is 9.56. The largest absolute Gasteiger partial charge is 0.364 e. The van der Waals surface area contributed by atoms with Crippen LogP contribution in [-0.4, -0.2) is 80.1 Å². The van der Waals surface area contributed by atoms with Crippen LogP contribution in [0.15, 0.2) is 195 Å². The highest BCUT2D eigenvalue weighted by Crippen LogP contribution is 2.41. The Kier molecular flexibility index (Phi) is 23.0. The van der Waals surface area contributed by atoms with Gasteiger partial charge in [-0.05, 0) is 172 Å². The van der Waals surface area contributed by atoms with Crippen molar-refractivity contribution >= 4 is 93.1 Å². The molecule has 0 radical (unpaired) electrons. The Bertz CT molecular complexity index is 4960. The Labute approximate surface area is 593 Å². The number of nitrogens with zero attached hydrogens (tertiary/aromatic N) is 9. The van der Waals surface area contributed by atoms with Crippen LogP contribution in [0.2, 0.25) is 10.0 Å². The van der Waals surface area contributed by atoms with Gasteiger partial charge in [-0.2, -0.15) is 15.3 Å². The lowest BCUT2D eigenvalue weighted by Gasteiger charge is -2.13. The second kappa shape index (κ2) is 32.7. The number of urea groups is 3. The number of anilines is 6. The molecule has 0 bridgehead atoms. The highest BCUT2D eigenvalue weighted by Gasteiger charge is 2.24. The minimum Gasteiger partial charge on any atom is -0.364 e. The Morgan fingerprint density at radius 3 is 1.17 bits per heavy atom. The maximum atomic E-state index is 15.6. The van der Waals surface area contributed by atoms with Crippen molar-refractivity contribution in [2.24, 2.45) is 17.2 Å². The van der Waals surface area contributed by atoms with Crippen LogP contribution in [0.25, 0.3) is 67.2 Å². The van der Waals surface area contributed by atoms with Crippen molar-refractivity contribution in [2.75, 3.05) is 31.9 Å². The van der Waals surface area contributed by atoms with E-state index in [0.717, 1.165) is 17.2 Å². The van der Waals surface area contributed by atoms with E-state index in [4.69, 9.17) is 40.4 Å². The summed E-state index contributed by atoms with van der Waals surface area (Å²) in [6.45, 7) is 7.37. The molecule has 6 aromatic heterocycles. The van der Waals surface area contributed by atoms with Crippen molar-refractivity contribution in [3.63, 3.8) is 0 Å². The van der Waals surface area contributed by atoms with Gasteiger partial charge in [0.1, 0.15) is 57.4 Å². The molecule has 12 aromatic rings. The number of primary amides is 3. The summed E-state index contributed by atoms with van der Waals surface area (Å²) in [6, 6.07) is 35.7. The molecule has 31 heteroatoms. The number of halogens is 7. The fraction of sp³-hybridized carbons (Fsp3) is 0.0833. The van der Waals surface area contributed by atoms with Gasteiger partial charge in [0.15, 0.2) is 5.82 Å². The average Bonchev–Trinajstić information content (AvgIpc) is 1.63. The summed E-state index contributed by atoms with van der Waals surface area (Å²) in [5.41, 5.74) is 23.9. The fourth-order valence-electron chi connectivity index (χ4n) is 10.1. The molecule has 6 aromatic carbocycles. The minimum absolute atomic E-state index is 0.0176. The molecule has 103 heavy (non-hydrogen) atoms. The van der Waals surface area contributed by atoms with Gasteiger partial charge < -0.3 is 49.1 Å². The van der Waals surface area contributed by atoms with Crippen molar-refractivity contribution in [1.29, 1.82) is 0 Å². The molecule has 0 unspecified atom stereocenters. The highest BCUT2D eigenvalue weighted by atomic mass is 35.5. The van der Waals surface area contributed by atoms with Gasteiger partial charge in [-0.25, -0.2) is 36.3 Å². The van der Waals surface area contributed by atoms with E-state index in [0.29, 0.717) is 87.3 Å². The molecule has 0 aliphatic heterocycles. The van der Waals surface area contributed by atoms with Crippen LogP contribution in [-0.2, 0) is 19.6 Å². The number of aryl methyl sites for hydroxylation is 3. The highest BCUT2D eigenvalue weighted by molar-refractivity contribution is 6.36. The zero-order chi connectivity index (χ0) is 73.6. The molecule has 0 aliphatic rings. The monoisotopic (exact) mass is 1440 g/mol. The first-order chi connectivity index (χ1) is 49.4. The predicted octanol–water partition coefficient (Wildman–Crippen LogP) is 15.1. The topological polar surface area (TPSA) is 345 Å². The van der Waals surface area contributed by atoms with E-state index in [1.165, 1.54) is 122 Å². The number of nitrogens with one attached hydrogen (secondary N) is 6. The van der Waals surface area contributed by atoms with Gasteiger partial charge in [0.05, 0.1) is 16.4 Å². The van der Waals surface area contributed by atoms with Gasteiger partial charge in [-0.15, -0.1) is 0 Å². The van der Waals surface area contributed by atoms with Crippen molar-refractivity contribution in [3.05, 3.63) is 251 Å². The Hall–Kier alpha value is -13.2. The third kappa shape index (κ3) is 18.4. The molecule has 0 atom stereocenters. The number of hydrogen-bond donors (Lipinski definition) is 9. The van der Waals surface area contributed by atoms with E-state index in [2.05, 4.69) is 62.1 Å². The van der Waals surface area contributed by atoms with Crippen molar-refractivity contribution in [2.45, 2.75) is 40.4 Å². The van der Waals surface area contributed by atoms with Crippen molar-refractivity contribution in [1.82, 2.24) is 44.3 Å². The first kappa shape index (κ1) is 72.6. The van der Waals surface area contributed by atoms with Crippen LogP contribution < -0.4 is 49.1 Å². The zero-order valence-electron chi connectivity index (χ0n) is 54.4. The lowest BCUT2D eigenvalue weighted by molar-refractivity contribution is 0.0987. The number of carbonyl (C=O) groups excluding carboxylic acids is 6. The standard InChI is InChI=1S/2C24H19ClF2N6O2.C24H21FN6O2/c1-2-33-12-18(22(32-33)13-7-8-29-20(9-13)23(28)34)17-10-14(25)11-19(21(17)27)31-24(35)30-16-5-3-15(26)4-6-16;1-2-33-12-18(22(32-33)13-7-8-29-20(9-13)23(28)34)17-10-15(27)11-19(21(17)25)31-24(35)30-16-5-3-14(26)4-6-16;1-2-31-14-20(22(30-31)16-10-11-27-21(13-16)23(26)32)15-4-3-5-19(12-15)29-24(33)28-18-8-6-17(25)7-9-18/h2*3-12H,2H2,1H3,(H2,28,34)(H2,30,31,35);3-14H,2H2,1H3,(H2,26,32)(H2,28,29,33). The third-order valence-electron chi connectivity index (χ3n) is 15.0. The normalized spacial score (nSPS) is 10.7. The summed E-state index contributed by atoms with van der Waals surface area (Å²) < 4.78 is 74.5. The van der Waals surface area contributed by atoms with E-state index in [1.54, 1.807) is 56.8 Å². The van der Waals surface area contributed by atoms with E-state index in [-0.39, 0.29) is 55.4 Å². The minimum atomic E-state index is -0.746. The van der Waals surface area contributed by atoms with Gasteiger partial charge in [0, 0.05) is 129 Å². The molecule has 12 N–H and O–H groups in total. The van der Waals surface area contributed by atoms with Crippen LogP contribution in [0.5, 0.6) is 0 Å². The summed E-state index contributed by atoms with van der Waals surface area (Å²) >= 11 is 12.9. The van der Waals surface area contributed by atoms with Crippen LogP contribution in [0.1, 0.15) is 52.2 Å². The van der Waals surface area contributed by atoms with E-state index >= 15 is 4.39 Å². The Morgan fingerprint density at radius 2 is 0.757 bits per heavy atom. The average molecular weight is 1440 g/mol. The summed E-state index contributed by atoms with van der Waals surface area (Å²) in [5, 5.41) is 29.3. The number of rotatable bonds is 18. The number of carbonyl (C=O) groups is 6. The van der Waals surface area contributed by atoms with Crippen molar-refractivity contribution in [3.8, 4) is 67.2 Å². The second-order valence-electron chi connectivity index (χ2n) is 22.1. The number of nitrogens with two attached hydrogens (primary N) is 3. The molecule has 522 valence electrons.